The van der Waals surface area contributed by atoms with Crippen LogP contribution in [0.25, 0.3) is 38.8 Å². The van der Waals surface area contributed by atoms with Crippen molar-refractivity contribution in [1.29, 1.82) is 5.26 Å². The second kappa shape index (κ2) is 11.0. The number of urea groups is 1. The summed E-state index contributed by atoms with van der Waals surface area (Å²) in [6.07, 6.45) is 5.09. The van der Waals surface area contributed by atoms with E-state index in [-0.39, 0.29) is 17.8 Å². The molecule has 0 radical (unpaired) electrons. The first-order valence-electron chi connectivity index (χ1n) is 14.3. The number of anilines is 1. The Morgan fingerprint density at radius 3 is 2.44 bits per heavy atom. The second-order valence-corrected chi connectivity index (χ2v) is 11.5. The van der Waals surface area contributed by atoms with Crippen molar-refractivity contribution in [2.75, 3.05) is 25.6 Å². The Labute approximate surface area is 249 Å². The number of fused-ring (bicyclic) bond motifs is 3. The van der Waals surface area contributed by atoms with E-state index in [1.54, 1.807) is 46.6 Å². The molecule has 0 aliphatic carbocycles. The molecule has 0 atom stereocenters. The number of aromatic nitrogens is 4. The molecule has 5 aromatic rings. The number of nitrogens with one attached hydrogen (secondary N) is 1. The third-order valence-electron chi connectivity index (χ3n) is 8.40. The van der Waals surface area contributed by atoms with Gasteiger partial charge in [-0.15, -0.1) is 0 Å². The van der Waals surface area contributed by atoms with Gasteiger partial charge in [0.25, 0.3) is 0 Å². The van der Waals surface area contributed by atoms with Crippen molar-refractivity contribution >= 4 is 33.8 Å². The standard InChI is InChI=1S/C33H33N7O3/c1-33(2,20-34)23-7-9-25(10-8-23)40-30-26-17-21(5-11-27(26)35-19-28(30)39(4)32(40)42)22-6-12-29(36-18-22)37-31(41)38(3)24-13-15-43-16-14-24/h5-12,17-19,24H,13-16H2,1-4H3,(H,36,37,41). The number of amides is 2. The maximum absolute atomic E-state index is 13.5. The fraction of sp³-hybridized carbons (Fsp3) is 0.303. The quantitative estimate of drug-likeness (QED) is 0.301. The lowest BCUT2D eigenvalue weighted by Crippen LogP contribution is -2.42. The molecule has 6 rings (SSSR count). The van der Waals surface area contributed by atoms with E-state index in [1.807, 2.05) is 62.4 Å². The Balaban J connectivity index is 1.35. The minimum Gasteiger partial charge on any atom is -0.381 e. The number of benzene rings is 2. The third kappa shape index (κ3) is 5.13. The lowest BCUT2D eigenvalue weighted by Gasteiger charge is -2.31. The predicted octanol–water partition coefficient (Wildman–Crippen LogP) is 5.38. The molecule has 2 amide bonds. The number of hydrogen-bond donors (Lipinski definition) is 1. The van der Waals surface area contributed by atoms with Gasteiger partial charge in [-0.1, -0.05) is 18.2 Å². The van der Waals surface area contributed by atoms with E-state index in [9.17, 15) is 14.9 Å². The van der Waals surface area contributed by atoms with E-state index in [2.05, 4.69) is 21.4 Å². The second-order valence-electron chi connectivity index (χ2n) is 11.5. The Kier molecular flexibility index (Phi) is 7.20. The van der Waals surface area contributed by atoms with Crippen LogP contribution in [0.5, 0.6) is 0 Å². The number of carbonyl (C=O) groups is 1. The molecule has 0 unspecified atom stereocenters. The van der Waals surface area contributed by atoms with Crippen LogP contribution >= 0.6 is 0 Å². The summed E-state index contributed by atoms with van der Waals surface area (Å²) in [7, 11) is 3.54. The highest BCUT2D eigenvalue weighted by Gasteiger charge is 2.23. The summed E-state index contributed by atoms with van der Waals surface area (Å²) < 4.78 is 8.69. The summed E-state index contributed by atoms with van der Waals surface area (Å²) in [5.74, 6) is 0.470. The van der Waals surface area contributed by atoms with Crippen LogP contribution in [-0.4, -0.2) is 56.3 Å². The normalized spacial score (nSPS) is 14.1. The van der Waals surface area contributed by atoms with E-state index in [0.717, 1.165) is 46.0 Å². The third-order valence-corrected chi connectivity index (χ3v) is 8.40. The van der Waals surface area contributed by atoms with Crippen LogP contribution in [-0.2, 0) is 17.2 Å². The largest absolute Gasteiger partial charge is 0.381 e. The van der Waals surface area contributed by atoms with Gasteiger partial charge in [0.2, 0.25) is 0 Å². The molecular formula is C33H33N7O3. The molecule has 2 aromatic carbocycles. The van der Waals surface area contributed by atoms with Crippen molar-refractivity contribution in [2.24, 2.45) is 7.05 Å². The number of pyridine rings is 2. The van der Waals surface area contributed by atoms with Gasteiger partial charge in [0.05, 0.1) is 39.9 Å². The molecule has 1 aliphatic heterocycles. The average molecular weight is 576 g/mol. The van der Waals surface area contributed by atoms with Crippen LogP contribution in [0.3, 0.4) is 0 Å². The molecule has 3 aromatic heterocycles. The SMILES string of the molecule is CN(C(=O)Nc1ccc(-c2ccc3ncc4c(c3c2)n(-c2ccc(C(C)(C)C#N)cc2)c(=O)n4C)cn1)C1CCOCC1. The van der Waals surface area contributed by atoms with Gasteiger partial charge < -0.3 is 9.64 Å². The number of carbonyl (C=O) groups excluding carboxylic acids is 1. The topological polar surface area (TPSA) is 118 Å². The van der Waals surface area contributed by atoms with Gasteiger partial charge in [0, 0.05) is 50.5 Å². The van der Waals surface area contributed by atoms with Crippen molar-refractivity contribution in [3.63, 3.8) is 0 Å². The van der Waals surface area contributed by atoms with Crippen molar-refractivity contribution in [1.82, 2.24) is 24.0 Å². The maximum Gasteiger partial charge on any atom is 0.333 e. The van der Waals surface area contributed by atoms with E-state index in [1.165, 1.54) is 0 Å². The zero-order valence-electron chi connectivity index (χ0n) is 24.7. The molecule has 10 nitrogen and oxygen atoms in total. The molecule has 1 aliphatic rings. The molecule has 10 heteroatoms. The van der Waals surface area contributed by atoms with Crippen LogP contribution in [0.4, 0.5) is 10.6 Å². The van der Waals surface area contributed by atoms with Crippen LogP contribution in [0.1, 0.15) is 32.3 Å². The van der Waals surface area contributed by atoms with Crippen LogP contribution in [0.2, 0.25) is 0 Å². The maximum atomic E-state index is 13.5. The Bertz CT molecular complexity index is 1930. The molecule has 0 spiro atoms. The minimum absolute atomic E-state index is 0.147. The lowest BCUT2D eigenvalue weighted by molar-refractivity contribution is 0.0544. The highest BCUT2D eigenvalue weighted by Crippen LogP contribution is 2.31. The monoisotopic (exact) mass is 575 g/mol. The molecule has 43 heavy (non-hydrogen) atoms. The number of aryl methyl sites for hydroxylation is 1. The van der Waals surface area contributed by atoms with Gasteiger partial charge in [-0.3, -0.25) is 19.4 Å². The van der Waals surface area contributed by atoms with Crippen LogP contribution < -0.4 is 11.0 Å². The number of ether oxygens (including phenoxy) is 1. The molecule has 1 N–H and O–H groups in total. The first kappa shape index (κ1) is 28.1. The number of rotatable bonds is 5. The predicted molar refractivity (Wildman–Crippen MR) is 166 cm³/mol. The average Bonchev–Trinajstić information content (AvgIpc) is 3.30. The van der Waals surface area contributed by atoms with Crippen molar-refractivity contribution in [2.45, 2.75) is 38.1 Å². The van der Waals surface area contributed by atoms with Crippen molar-refractivity contribution in [3.05, 3.63) is 83.0 Å². The summed E-state index contributed by atoms with van der Waals surface area (Å²) in [5.41, 5.74) is 4.74. The Morgan fingerprint density at radius 1 is 1.05 bits per heavy atom. The van der Waals surface area contributed by atoms with E-state index >= 15 is 0 Å². The molecular weight excluding hydrogens is 542 g/mol. The summed E-state index contributed by atoms with van der Waals surface area (Å²) >= 11 is 0. The number of hydrogen-bond acceptors (Lipinski definition) is 6. The zero-order chi connectivity index (χ0) is 30.3. The fourth-order valence-electron chi connectivity index (χ4n) is 5.58. The fourth-order valence-corrected chi connectivity index (χ4v) is 5.58. The molecule has 4 heterocycles. The highest BCUT2D eigenvalue weighted by molar-refractivity contribution is 6.04. The van der Waals surface area contributed by atoms with E-state index in [0.29, 0.717) is 30.2 Å². The van der Waals surface area contributed by atoms with E-state index in [4.69, 9.17) is 4.74 Å². The molecule has 0 bridgehead atoms. The number of imidazole rings is 1. The molecule has 1 saturated heterocycles. The smallest absolute Gasteiger partial charge is 0.333 e. The van der Waals surface area contributed by atoms with Crippen LogP contribution in [0, 0.1) is 11.3 Å². The minimum atomic E-state index is -0.638. The summed E-state index contributed by atoms with van der Waals surface area (Å²) in [4.78, 5) is 37.1. The van der Waals surface area contributed by atoms with Crippen molar-refractivity contribution in [3.8, 4) is 22.9 Å². The number of nitriles is 1. The Morgan fingerprint density at radius 2 is 1.77 bits per heavy atom. The summed E-state index contributed by atoms with van der Waals surface area (Å²) in [5, 5.41) is 13.3. The lowest BCUT2D eigenvalue weighted by atomic mass is 9.86. The van der Waals surface area contributed by atoms with Gasteiger partial charge in [-0.05, 0) is 74.2 Å². The summed E-state index contributed by atoms with van der Waals surface area (Å²) in [6.45, 7) is 5.06. The van der Waals surface area contributed by atoms with Gasteiger partial charge in [0.15, 0.2) is 0 Å². The van der Waals surface area contributed by atoms with Gasteiger partial charge in [-0.25, -0.2) is 14.6 Å². The molecule has 218 valence electrons. The van der Waals surface area contributed by atoms with Crippen molar-refractivity contribution < 1.29 is 9.53 Å². The van der Waals surface area contributed by atoms with Gasteiger partial charge in [-0.2, -0.15) is 5.26 Å². The summed E-state index contributed by atoms with van der Waals surface area (Å²) in [6, 6.07) is 19.4. The molecule has 1 fully saturated rings. The number of nitrogens with zero attached hydrogens (tertiary/aromatic N) is 6. The van der Waals surface area contributed by atoms with Crippen LogP contribution in [0.15, 0.2) is 71.8 Å². The van der Waals surface area contributed by atoms with E-state index < -0.39 is 5.41 Å². The first-order valence-corrected chi connectivity index (χ1v) is 14.3. The first-order chi connectivity index (χ1) is 20.7. The molecule has 0 saturated carbocycles. The zero-order valence-corrected chi connectivity index (χ0v) is 24.7. The highest BCUT2D eigenvalue weighted by atomic mass is 16.5. The van der Waals surface area contributed by atoms with Gasteiger partial charge >= 0.3 is 11.7 Å². The van der Waals surface area contributed by atoms with Gasteiger partial charge in [0.1, 0.15) is 5.82 Å². The Hall–Kier alpha value is -5.01.